The van der Waals surface area contributed by atoms with Gasteiger partial charge in [0.25, 0.3) is 0 Å². The molecule has 0 saturated heterocycles. The number of aliphatic hydroxyl groups is 1. The van der Waals surface area contributed by atoms with Gasteiger partial charge in [0.1, 0.15) is 0 Å². The highest BCUT2D eigenvalue weighted by Crippen LogP contribution is 2.37. The van der Waals surface area contributed by atoms with Crippen LogP contribution in [0.4, 0.5) is 0 Å². The molecule has 1 unspecified atom stereocenters. The maximum atomic E-state index is 9.65. The molecule has 19 heavy (non-hydrogen) atoms. The quantitative estimate of drug-likeness (QED) is 0.790. The van der Waals surface area contributed by atoms with Crippen molar-refractivity contribution >= 4 is 0 Å². The van der Waals surface area contributed by atoms with Gasteiger partial charge >= 0.3 is 0 Å². The molecule has 1 aliphatic carbocycles. The van der Waals surface area contributed by atoms with Crippen molar-refractivity contribution in [1.29, 1.82) is 0 Å². The molecule has 2 rings (SSSR count). The van der Waals surface area contributed by atoms with Crippen molar-refractivity contribution in [1.82, 2.24) is 5.32 Å². The third kappa shape index (κ3) is 4.05. The molecule has 0 aromatic heterocycles. The van der Waals surface area contributed by atoms with Gasteiger partial charge in [-0.1, -0.05) is 50.1 Å². The molecule has 1 atom stereocenters. The third-order valence-electron chi connectivity index (χ3n) is 4.58. The van der Waals surface area contributed by atoms with E-state index in [4.69, 9.17) is 0 Å². The van der Waals surface area contributed by atoms with E-state index < -0.39 is 0 Å². The molecule has 1 aromatic carbocycles. The molecular weight excluding hydrogens is 234 g/mol. The van der Waals surface area contributed by atoms with Gasteiger partial charge in [0.05, 0.1) is 0 Å². The van der Waals surface area contributed by atoms with E-state index in [1.807, 2.05) is 0 Å². The second-order valence-electron chi connectivity index (χ2n) is 6.04. The highest BCUT2D eigenvalue weighted by molar-refractivity contribution is 5.15. The normalized spacial score (nSPS) is 19.5. The topological polar surface area (TPSA) is 32.3 Å². The van der Waals surface area contributed by atoms with Crippen molar-refractivity contribution in [3.63, 3.8) is 0 Å². The van der Waals surface area contributed by atoms with Crippen molar-refractivity contribution in [2.75, 3.05) is 13.2 Å². The zero-order chi connectivity index (χ0) is 13.6. The number of benzene rings is 1. The van der Waals surface area contributed by atoms with Gasteiger partial charge in [-0.15, -0.1) is 0 Å². The van der Waals surface area contributed by atoms with Crippen LogP contribution in [0.5, 0.6) is 0 Å². The van der Waals surface area contributed by atoms with Crippen LogP contribution < -0.4 is 5.32 Å². The van der Waals surface area contributed by atoms with Crippen LogP contribution in [0.2, 0.25) is 0 Å². The molecule has 0 spiro atoms. The molecule has 2 N–H and O–H groups in total. The summed E-state index contributed by atoms with van der Waals surface area (Å²) >= 11 is 0. The van der Waals surface area contributed by atoms with E-state index in [1.165, 1.54) is 31.2 Å². The van der Waals surface area contributed by atoms with Gasteiger partial charge in [-0.25, -0.2) is 0 Å². The lowest BCUT2D eigenvalue weighted by Crippen LogP contribution is -2.41. The number of hydrogen-bond donors (Lipinski definition) is 2. The number of hydrogen-bond acceptors (Lipinski definition) is 2. The first-order chi connectivity index (χ1) is 9.28. The maximum Gasteiger partial charge on any atom is 0.0499 e. The number of aliphatic hydroxyl groups excluding tert-OH is 1. The smallest absolute Gasteiger partial charge is 0.0499 e. The van der Waals surface area contributed by atoms with Crippen LogP contribution in [0.3, 0.4) is 0 Å². The van der Waals surface area contributed by atoms with Crippen LogP contribution in [-0.2, 0) is 6.42 Å². The first-order valence-electron chi connectivity index (χ1n) is 7.66. The molecular formula is C17H27NO. The van der Waals surface area contributed by atoms with E-state index in [0.717, 1.165) is 19.4 Å². The fourth-order valence-corrected chi connectivity index (χ4v) is 3.14. The van der Waals surface area contributed by atoms with Gasteiger partial charge in [-0.05, 0) is 31.2 Å². The highest BCUT2D eigenvalue weighted by atomic mass is 16.3. The van der Waals surface area contributed by atoms with Gasteiger partial charge in [0.15, 0.2) is 0 Å². The standard InChI is InChI=1S/C17H27NO/c1-2-16(12-15-8-4-3-5-9-15)18-13-17(14-19)10-6-7-11-17/h3-5,8-9,16,18-19H,2,6-7,10-14H2,1H3. The summed E-state index contributed by atoms with van der Waals surface area (Å²) in [6.07, 6.45) is 7.13. The minimum atomic E-state index is 0.157. The highest BCUT2D eigenvalue weighted by Gasteiger charge is 2.33. The largest absolute Gasteiger partial charge is 0.396 e. The van der Waals surface area contributed by atoms with Crippen LogP contribution in [-0.4, -0.2) is 24.3 Å². The Morgan fingerprint density at radius 3 is 2.47 bits per heavy atom. The minimum Gasteiger partial charge on any atom is -0.396 e. The summed E-state index contributed by atoms with van der Waals surface area (Å²) in [5.74, 6) is 0. The van der Waals surface area contributed by atoms with Crippen molar-refractivity contribution in [2.45, 2.75) is 51.5 Å². The Balaban J connectivity index is 1.85. The zero-order valence-electron chi connectivity index (χ0n) is 12.1. The van der Waals surface area contributed by atoms with Crippen molar-refractivity contribution in [2.24, 2.45) is 5.41 Å². The molecule has 0 radical (unpaired) electrons. The predicted molar refractivity (Wildman–Crippen MR) is 80.2 cm³/mol. The third-order valence-corrected chi connectivity index (χ3v) is 4.58. The second-order valence-corrected chi connectivity index (χ2v) is 6.04. The summed E-state index contributed by atoms with van der Waals surface area (Å²) in [5.41, 5.74) is 1.55. The lowest BCUT2D eigenvalue weighted by molar-refractivity contribution is 0.124. The predicted octanol–water partition coefficient (Wildman–Crippen LogP) is 3.15. The van der Waals surface area contributed by atoms with E-state index in [1.54, 1.807) is 0 Å². The summed E-state index contributed by atoms with van der Waals surface area (Å²) < 4.78 is 0. The molecule has 106 valence electrons. The summed E-state index contributed by atoms with van der Waals surface area (Å²) in [5, 5.41) is 13.3. The van der Waals surface area contributed by atoms with Crippen LogP contribution >= 0.6 is 0 Å². The fourth-order valence-electron chi connectivity index (χ4n) is 3.14. The van der Waals surface area contributed by atoms with E-state index in [2.05, 4.69) is 42.6 Å². The molecule has 2 heteroatoms. The fraction of sp³-hybridized carbons (Fsp3) is 0.647. The Labute approximate surface area is 117 Å². The SMILES string of the molecule is CCC(Cc1ccccc1)NCC1(CO)CCCC1. The summed E-state index contributed by atoms with van der Waals surface area (Å²) in [6.45, 7) is 3.54. The van der Waals surface area contributed by atoms with E-state index >= 15 is 0 Å². The zero-order valence-corrected chi connectivity index (χ0v) is 12.1. The first-order valence-corrected chi connectivity index (χ1v) is 7.66. The Bertz CT molecular complexity index is 357. The van der Waals surface area contributed by atoms with E-state index in [0.29, 0.717) is 12.6 Å². The van der Waals surface area contributed by atoms with Gasteiger partial charge < -0.3 is 10.4 Å². The van der Waals surface area contributed by atoms with Gasteiger partial charge in [-0.2, -0.15) is 0 Å². The lowest BCUT2D eigenvalue weighted by atomic mass is 9.86. The average molecular weight is 261 g/mol. The molecule has 0 bridgehead atoms. The molecule has 1 aliphatic rings. The molecule has 0 amide bonds. The van der Waals surface area contributed by atoms with Crippen LogP contribution in [0.25, 0.3) is 0 Å². The van der Waals surface area contributed by atoms with Crippen LogP contribution in [0, 0.1) is 5.41 Å². The second kappa shape index (κ2) is 7.06. The Hall–Kier alpha value is -0.860. The average Bonchev–Trinajstić information content (AvgIpc) is 2.94. The first kappa shape index (κ1) is 14.5. The van der Waals surface area contributed by atoms with Gasteiger partial charge in [0, 0.05) is 24.6 Å². The summed E-state index contributed by atoms with van der Waals surface area (Å²) in [6, 6.07) is 11.2. The van der Waals surface area contributed by atoms with Crippen LogP contribution in [0.1, 0.15) is 44.6 Å². The van der Waals surface area contributed by atoms with Crippen molar-refractivity contribution < 1.29 is 5.11 Å². The lowest BCUT2D eigenvalue weighted by Gasteiger charge is -2.29. The number of rotatable bonds is 7. The Morgan fingerprint density at radius 1 is 1.21 bits per heavy atom. The molecule has 0 aliphatic heterocycles. The summed E-state index contributed by atoms with van der Waals surface area (Å²) in [7, 11) is 0. The number of nitrogens with one attached hydrogen (secondary N) is 1. The molecule has 0 heterocycles. The van der Waals surface area contributed by atoms with Crippen molar-refractivity contribution in [3.05, 3.63) is 35.9 Å². The van der Waals surface area contributed by atoms with Gasteiger partial charge in [0.2, 0.25) is 0 Å². The maximum absolute atomic E-state index is 9.65. The van der Waals surface area contributed by atoms with Crippen LogP contribution in [0.15, 0.2) is 30.3 Å². The Kier molecular flexibility index (Phi) is 5.41. The monoisotopic (exact) mass is 261 g/mol. The molecule has 1 saturated carbocycles. The molecule has 1 fully saturated rings. The van der Waals surface area contributed by atoms with E-state index in [-0.39, 0.29) is 5.41 Å². The molecule has 2 nitrogen and oxygen atoms in total. The Morgan fingerprint density at radius 2 is 1.89 bits per heavy atom. The van der Waals surface area contributed by atoms with Crippen molar-refractivity contribution in [3.8, 4) is 0 Å². The molecule has 1 aromatic rings. The van der Waals surface area contributed by atoms with Gasteiger partial charge in [-0.3, -0.25) is 0 Å². The van der Waals surface area contributed by atoms with E-state index in [9.17, 15) is 5.11 Å². The minimum absolute atomic E-state index is 0.157. The summed E-state index contributed by atoms with van der Waals surface area (Å²) in [4.78, 5) is 0.